The molecule has 0 aromatic rings. The van der Waals surface area contributed by atoms with Gasteiger partial charge >= 0.3 is 5.97 Å². The lowest BCUT2D eigenvalue weighted by molar-refractivity contribution is -0.134. The van der Waals surface area contributed by atoms with E-state index in [4.69, 9.17) is 5.11 Å². The van der Waals surface area contributed by atoms with E-state index in [0.717, 1.165) is 55.3 Å². The average molecular weight is 639 g/mol. The summed E-state index contributed by atoms with van der Waals surface area (Å²) in [5.74, 6) is 3.51. The Morgan fingerprint density at radius 3 is 2.13 bits per heavy atom. The molecule has 0 heterocycles. The summed E-state index contributed by atoms with van der Waals surface area (Å²) in [6, 6.07) is 0. The highest BCUT2D eigenvalue weighted by atomic mass is 16.4. The van der Waals surface area contributed by atoms with Crippen LogP contribution in [0.4, 0.5) is 0 Å². The van der Waals surface area contributed by atoms with Crippen LogP contribution >= 0.6 is 0 Å². The lowest BCUT2D eigenvalue weighted by Gasteiger charge is -2.66. The molecular weight excluding hydrogens is 564 g/mol. The van der Waals surface area contributed by atoms with Gasteiger partial charge in [-0.1, -0.05) is 136 Å². The largest absolute Gasteiger partial charge is 0.478 e. The first-order valence-corrected chi connectivity index (χ1v) is 20.3. The number of rotatable bonds is 20. The van der Waals surface area contributed by atoms with Crippen LogP contribution in [0.5, 0.6) is 0 Å². The van der Waals surface area contributed by atoms with Crippen molar-refractivity contribution in [1.29, 1.82) is 0 Å². The summed E-state index contributed by atoms with van der Waals surface area (Å²) < 4.78 is 0. The molecule has 8 atom stereocenters. The average Bonchev–Trinajstić information content (AvgIpc) is 3.36. The second-order valence-corrected chi connectivity index (χ2v) is 17.7. The molecular formula is C43H74O3. The molecule has 0 aliphatic heterocycles. The predicted octanol–water partition coefficient (Wildman–Crippen LogP) is 12.5. The van der Waals surface area contributed by atoms with Gasteiger partial charge in [0, 0.05) is 6.08 Å². The number of carboxylic acid groups (broad SMARTS) is 1. The molecule has 3 heteroatoms. The van der Waals surface area contributed by atoms with Crippen LogP contribution < -0.4 is 0 Å². The van der Waals surface area contributed by atoms with Gasteiger partial charge in [-0.3, -0.25) is 0 Å². The van der Waals surface area contributed by atoms with Crippen molar-refractivity contribution in [1.82, 2.24) is 0 Å². The first-order valence-electron chi connectivity index (χ1n) is 20.3. The minimum atomic E-state index is -0.833. The fraction of sp³-hybridized carbons (Fsp3) is 0.884. The number of carboxylic acids is 1. The maximum absolute atomic E-state index is 10.7. The third-order valence-corrected chi connectivity index (χ3v) is 14.5. The van der Waals surface area contributed by atoms with Crippen LogP contribution in [0.1, 0.15) is 189 Å². The normalized spacial score (nSPS) is 34.7. The monoisotopic (exact) mass is 639 g/mol. The van der Waals surface area contributed by atoms with Crippen molar-refractivity contribution in [2.24, 2.45) is 45.8 Å². The van der Waals surface area contributed by atoms with Crippen LogP contribution in [0.15, 0.2) is 23.8 Å². The molecule has 0 spiro atoms. The molecule has 2 unspecified atom stereocenters. The Hall–Kier alpha value is -1.09. The molecule has 2 N–H and O–H groups in total. The first kappa shape index (κ1) is 37.7. The number of carbonyl (C=O) groups is 1. The van der Waals surface area contributed by atoms with Gasteiger partial charge in [0.05, 0.1) is 6.10 Å². The molecule has 0 radical (unpaired) electrons. The summed E-state index contributed by atoms with van der Waals surface area (Å²) in [5.41, 5.74) is 2.91. The molecule has 264 valence electrons. The molecule has 0 aromatic carbocycles. The molecule has 0 bridgehead atoms. The predicted molar refractivity (Wildman–Crippen MR) is 195 cm³/mol. The number of unbranched alkanes of at least 4 members (excludes halogenated alkanes) is 11. The van der Waals surface area contributed by atoms with Crippen LogP contribution in [0.3, 0.4) is 0 Å². The molecule has 4 aliphatic rings. The van der Waals surface area contributed by atoms with Crippen molar-refractivity contribution in [3.8, 4) is 0 Å². The van der Waals surface area contributed by atoms with Crippen LogP contribution in [-0.2, 0) is 4.79 Å². The number of aliphatic hydroxyl groups excluding tert-OH is 1. The number of aliphatic carboxylic acids is 1. The maximum atomic E-state index is 10.7. The fourth-order valence-corrected chi connectivity index (χ4v) is 11.9. The lowest BCUT2D eigenvalue weighted by atomic mass is 9.39. The van der Waals surface area contributed by atoms with E-state index < -0.39 is 5.97 Å². The van der Waals surface area contributed by atoms with E-state index in [1.54, 1.807) is 11.6 Å². The smallest absolute Gasteiger partial charge is 0.327 e. The van der Waals surface area contributed by atoms with Crippen molar-refractivity contribution in [2.45, 2.75) is 195 Å². The van der Waals surface area contributed by atoms with Gasteiger partial charge in [0.2, 0.25) is 0 Å². The zero-order valence-corrected chi connectivity index (χ0v) is 31.0. The Bertz CT molecular complexity index is 996. The SMILES string of the molecule is CC(C)CCC[C@@H](C)[C@H]1CC[C@H]2[C@@H]3CC=C4CC(O)CC[C@]4(C)C3(CCCCCCCCCCCCCC=CC(=O)O)CC[C@]12C. The lowest BCUT2D eigenvalue weighted by Crippen LogP contribution is -2.58. The zero-order chi connectivity index (χ0) is 33.2. The van der Waals surface area contributed by atoms with Crippen molar-refractivity contribution < 1.29 is 15.0 Å². The Balaban J connectivity index is 1.27. The van der Waals surface area contributed by atoms with Gasteiger partial charge in [-0.2, -0.15) is 0 Å². The van der Waals surface area contributed by atoms with Gasteiger partial charge < -0.3 is 10.2 Å². The zero-order valence-electron chi connectivity index (χ0n) is 31.0. The Morgan fingerprint density at radius 1 is 0.826 bits per heavy atom. The van der Waals surface area contributed by atoms with E-state index >= 15 is 0 Å². The van der Waals surface area contributed by atoms with Crippen molar-refractivity contribution in [3.63, 3.8) is 0 Å². The third-order valence-electron chi connectivity index (χ3n) is 14.5. The van der Waals surface area contributed by atoms with E-state index in [0.29, 0.717) is 16.2 Å². The summed E-state index contributed by atoms with van der Waals surface area (Å²) in [4.78, 5) is 10.5. The number of allylic oxidation sites excluding steroid dienone is 2. The van der Waals surface area contributed by atoms with Crippen LogP contribution in [0, 0.1) is 45.8 Å². The molecule has 3 nitrogen and oxygen atoms in total. The number of aliphatic hydroxyl groups is 1. The minimum Gasteiger partial charge on any atom is -0.478 e. The Morgan fingerprint density at radius 2 is 1.48 bits per heavy atom. The molecule has 0 aromatic heterocycles. The van der Waals surface area contributed by atoms with Crippen LogP contribution in [0.2, 0.25) is 0 Å². The van der Waals surface area contributed by atoms with E-state index in [-0.39, 0.29) is 6.10 Å². The van der Waals surface area contributed by atoms with Crippen molar-refractivity contribution in [3.05, 3.63) is 23.8 Å². The van der Waals surface area contributed by atoms with Crippen LogP contribution in [0.25, 0.3) is 0 Å². The first-order chi connectivity index (χ1) is 22.0. The van der Waals surface area contributed by atoms with Gasteiger partial charge in [0.15, 0.2) is 0 Å². The van der Waals surface area contributed by atoms with Gasteiger partial charge in [-0.05, 0) is 116 Å². The highest BCUT2D eigenvalue weighted by Crippen LogP contribution is 2.73. The highest BCUT2D eigenvalue weighted by Gasteiger charge is 2.65. The second-order valence-electron chi connectivity index (χ2n) is 17.7. The van der Waals surface area contributed by atoms with Crippen molar-refractivity contribution in [2.75, 3.05) is 0 Å². The third kappa shape index (κ3) is 8.92. The number of hydrogen-bond donors (Lipinski definition) is 2. The van der Waals surface area contributed by atoms with Crippen molar-refractivity contribution >= 4 is 5.97 Å². The van der Waals surface area contributed by atoms with Gasteiger partial charge in [-0.15, -0.1) is 0 Å². The standard InChI is InChI=1S/C43H74O3/c1-33(2)20-19-21-34(3)37-25-26-38-39-24-23-35-32-36(44)27-29-42(35,5)43(39,31-30-41(37,38)4)28-18-16-14-12-10-8-6-7-9-11-13-15-17-22-40(45)46/h17,22-23,33-34,36-39,44H,6-16,18-21,24-32H2,1-5H3,(H,45,46)/t34-,36?,37-,38+,39+,41-,42+,43?/m1/s1. The van der Waals surface area contributed by atoms with Gasteiger partial charge in [-0.25, -0.2) is 4.79 Å². The van der Waals surface area contributed by atoms with Gasteiger partial charge in [0.25, 0.3) is 0 Å². The summed E-state index contributed by atoms with van der Waals surface area (Å²) in [6.07, 6.45) is 37.0. The molecule has 3 fully saturated rings. The second kappa shape index (κ2) is 17.5. The minimum absolute atomic E-state index is 0.120. The van der Waals surface area contributed by atoms with Gasteiger partial charge in [0.1, 0.15) is 0 Å². The van der Waals surface area contributed by atoms with E-state index in [1.165, 1.54) is 134 Å². The summed E-state index contributed by atoms with van der Waals surface area (Å²) in [7, 11) is 0. The Kier molecular flexibility index (Phi) is 14.4. The quantitative estimate of drug-likeness (QED) is 0.0792. The molecule has 4 aliphatic carbocycles. The molecule has 0 saturated heterocycles. The number of hydrogen-bond acceptors (Lipinski definition) is 2. The number of fused-ring (bicyclic) bond motifs is 5. The summed E-state index contributed by atoms with van der Waals surface area (Å²) >= 11 is 0. The molecule has 46 heavy (non-hydrogen) atoms. The molecule has 0 amide bonds. The summed E-state index contributed by atoms with van der Waals surface area (Å²) in [5, 5.41) is 19.4. The topological polar surface area (TPSA) is 57.5 Å². The highest BCUT2D eigenvalue weighted by molar-refractivity contribution is 5.79. The molecule has 3 saturated carbocycles. The summed E-state index contributed by atoms with van der Waals surface area (Å²) in [6.45, 7) is 12.8. The maximum Gasteiger partial charge on any atom is 0.327 e. The van der Waals surface area contributed by atoms with E-state index in [1.807, 2.05) is 0 Å². The van der Waals surface area contributed by atoms with E-state index in [9.17, 15) is 9.90 Å². The fourth-order valence-electron chi connectivity index (χ4n) is 11.9. The van der Waals surface area contributed by atoms with E-state index in [2.05, 4.69) is 40.7 Å². The van der Waals surface area contributed by atoms with Crippen LogP contribution in [-0.4, -0.2) is 22.3 Å². The Labute approximate surface area is 284 Å². The molecule has 4 rings (SSSR count).